The van der Waals surface area contributed by atoms with Crippen LogP contribution in [0.15, 0.2) is 47.1 Å². The molecule has 120 valence electrons. The van der Waals surface area contributed by atoms with E-state index in [1.807, 2.05) is 48.2 Å². The zero-order valence-corrected chi connectivity index (χ0v) is 14.6. The molecule has 1 aromatic carbocycles. The lowest BCUT2D eigenvalue weighted by molar-refractivity contribution is 0.208. The predicted molar refractivity (Wildman–Crippen MR) is 95.9 cm³/mol. The summed E-state index contributed by atoms with van der Waals surface area (Å²) < 4.78 is 0.901. The molecule has 6 heteroatoms. The second kappa shape index (κ2) is 7.00. The summed E-state index contributed by atoms with van der Waals surface area (Å²) in [7, 11) is 0. The molecular formula is C17H19BrN4O. The highest BCUT2D eigenvalue weighted by Gasteiger charge is 2.22. The minimum atomic E-state index is -0.0600. The first-order valence-electron chi connectivity index (χ1n) is 7.61. The summed E-state index contributed by atoms with van der Waals surface area (Å²) in [5, 5.41) is 2.97. The first kappa shape index (κ1) is 15.8. The minimum absolute atomic E-state index is 0.0600. The molecule has 0 saturated carbocycles. The van der Waals surface area contributed by atoms with Crippen LogP contribution < -0.4 is 10.2 Å². The molecule has 2 amide bonds. The topological polar surface area (TPSA) is 48.5 Å². The average molecular weight is 375 g/mol. The van der Waals surface area contributed by atoms with Gasteiger partial charge in [-0.25, -0.2) is 9.78 Å². The lowest BCUT2D eigenvalue weighted by Gasteiger charge is -2.35. The van der Waals surface area contributed by atoms with Gasteiger partial charge in [-0.1, -0.05) is 12.1 Å². The summed E-state index contributed by atoms with van der Waals surface area (Å²) in [6.45, 7) is 4.98. The summed E-state index contributed by atoms with van der Waals surface area (Å²) >= 11 is 3.49. The molecule has 0 atom stereocenters. The van der Waals surface area contributed by atoms with Crippen LogP contribution >= 0.6 is 15.9 Å². The summed E-state index contributed by atoms with van der Waals surface area (Å²) in [5.74, 6) is 0.967. The van der Waals surface area contributed by atoms with Crippen molar-refractivity contribution >= 4 is 33.5 Å². The molecule has 0 spiro atoms. The number of hydrogen-bond donors (Lipinski definition) is 1. The number of aromatic nitrogens is 1. The SMILES string of the molecule is Cc1ccc(NC(=O)N2CCN(c3ccccn3)CC2)c(Br)c1. The van der Waals surface area contributed by atoms with Crippen LogP contribution in [-0.2, 0) is 0 Å². The number of hydrogen-bond acceptors (Lipinski definition) is 3. The average Bonchev–Trinajstić information content (AvgIpc) is 2.58. The van der Waals surface area contributed by atoms with E-state index in [9.17, 15) is 4.79 Å². The van der Waals surface area contributed by atoms with E-state index in [4.69, 9.17) is 0 Å². The molecule has 2 aromatic rings. The monoisotopic (exact) mass is 374 g/mol. The van der Waals surface area contributed by atoms with Gasteiger partial charge in [-0.2, -0.15) is 0 Å². The maximum atomic E-state index is 12.4. The molecule has 1 aliphatic heterocycles. The predicted octanol–water partition coefficient (Wildman–Crippen LogP) is 3.51. The number of pyridine rings is 1. The molecule has 2 heterocycles. The number of nitrogens with one attached hydrogen (secondary N) is 1. The Morgan fingerprint density at radius 3 is 2.61 bits per heavy atom. The zero-order chi connectivity index (χ0) is 16.2. The van der Waals surface area contributed by atoms with Crippen molar-refractivity contribution in [3.8, 4) is 0 Å². The number of anilines is 2. The molecule has 0 bridgehead atoms. The van der Waals surface area contributed by atoms with Gasteiger partial charge in [-0.05, 0) is 52.7 Å². The first-order chi connectivity index (χ1) is 11.1. The van der Waals surface area contributed by atoms with Gasteiger partial charge >= 0.3 is 6.03 Å². The molecule has 0 aliphatic carbocycles. The molecular weight excluding hydrogens is 356 g/mol. The third kappa shape index (κ3) is 3.82. The Kier molecular flexibility index (Phi) is 4.81. The van der Waals surface area contributed by atoms with E-state index >= 15 is 0 Å². The van der Waals surface area contributed by atoms with Crippen molar-refractivity contribution in [2.45, 2.75) is 6.92 Å². The molecule has 1 fully saturated rings. The summed E-state index contributed by atoms with van der Waals surface area (Å²) in [6.07, 6.45) is 1.79. The van der Waals surface area contributed by atoms with Gasteiger partial charge in [0, 0.05) is 36.8 Å². The van der Waals surface area contributed by atoms with Crippen LogP contribution in [-0.4, -0.2) is 42.1 Å². The number of piperazine rings is 1. The van der Waals surface area contributed by atoms with Gasteiger partial charge in [0.2, 0.25) is 0 Å². The van der Waals surface area contributed by atoms with Crippen molar-refractivity contribution in [1.29, 1.82) is 0 Å². The summed E-state index contributed by atoms with van der Waals surface area (Å²) in [4.78, 5) is 20.8. The molecule has 23 heavy (non-hydrogen) atoms. The van der Waals surface area contributed by atoms with Gasteiger partial charge in [0.05, 0.1) is 5.69 Å². The number of amides is 2. The lowest BCUT2D eigenvalue weighted by atomic mass is 10.2. The number of urea groups is 1. The number of aryl methyl sites for hydroxylation is 1. The van der Waals surface area contributed by atoms with Crippen molar-refractivity contribution < 1.29 is 4.79 Å². The normalized spacial score (nSPS) is 14.7. The second-order valence-corrected chi connectivity index (χ2v) is 6.43. The number of benzene rings is 1. The van der Waals surface area contributed by atoms with Crippen molar-refractivity contribution in [3.63, 3.8) is 0 Å². The smallest absolute Gasteiger partial charge is 0.321 e. The van der Waals surface area contributed by atoms with Crippen LogP contribution in [0.4, 0.5) is 16.3 Å². The minimum Gasteiger partial charge on any atom is -0.353 e. The second-order valence-electron chi connectivity index (χ2n) is 5.58. The Bertz CT molecular complexity index is 684. The highest BCUT2D eigenvalue weighted by atomic mass is 79.9. The fraction of sp³-hybridized carbons (Fsp3) is 0.294. The number of nitrogens with zero attached hydrogens (tertiary/aromatic N) is 3. The van der Waals surface area contributed by atoms with Crippen molar-refractivity contribution in [1.82, 2.24) is 9.88 Å². The van der Waals surface area contributed by atoms with E-state index in [0.717, 1.165) is 34.6 Å². The van der Waals surface area contributed by atoms with Gasteiger partial charge in [0.25, 0.3) is 0 Å². The molecule has 0 unspecified atom stereocenters. The Balaban J connectivity index is 1.58. The Hall–Kier alpha value is -2.08. The molecule has 0 radical (unpaired) electrons. The Morgan fingerprint density at radius 2 is 1.96 bits per heavy atom. The third-order valence-corrected chi connectivity index (χ3v) is 4.56. The number of carbonyl (C=O) groups is 1. The van der Waals surface area contributed by atoms with Crippen LogP contribution in [0.25, 0.3) is 0 Å². The van der Waals surface area contributed by atoms with Crippen molar-refractivity contribution in [3.05, 3.63) is 52.6 Å². The van der Waals surface area contributed by atoms with Crippen LogP contribution in [0.1, 0.15) is 5.56 Å². The van der Waals surface area contributed by atoms with E-state index in [0.29, 0.717) is 13.1 Å². The largest absolute Gasteiger partial charge is 0.353 e. The fourth-order valence-corrected chi connectivity index (χ4v) is 3.19. The molecule has 5 nitrogen and oxygen atoms in total. The Labute approximate surface area is 144 Å². The van der Waals surface area contributed by atoms with Gasteiger partial charge in [-0.15, -0.1) is 0 Å². The van der Waals surface area contributed by atoms with Crippen molar-refractivity contribution in [2.24, 2.45) is 0 Å². The van der Waals surface area contributed by atoms with Crippen LogP contribution in [0.5, 0.6) is 0 Å². The van der Waals surface area contributed by atoms with Gasteiger partial charge in [0.1, 0.15) is 5.82 Å². The zero-order valence-electron chi connectivity index (χ0n) is 13.0. The van der Waals surface area contributed by atoms with Crippen LogP contribution in [0, 0.1) is 6.92 Å². The fourth-order valence-electron chi connectivity index (χ4n) is 2.60. The van der Waals surface area contributed by atoms with Gasteiger partial charge < -0.3 is 15.1 Å². The standard InChI is InChI=1S/C17H19BrN4O/c1-13-5-6-15(14(18)12-13)20-17(23)22-10-8-21(9-11-22)16-4-2-3-7-19-16/h2-7,12H,8-11H2,1H3,(H,20,23). The van der Waals surface area contributed by atoms with Gasteiger partial charge in [0.15, 0.2) is 0 Å². The number of carbonyl (C=O) groups excluding carboxylic acids is 1. The number of halogens is 1. The van der Waals surface area contributed by atoms with E-state index in [1.165, 1.54) is 0 Å². The quantitative estimate of drug-likeness (QED) is 0.874. The van der Waals surface area contributed by atoms with E-state index in [1.54, 1.807) is 6.20 Å². The summed E-state index contributed by atoms with van der Waals surface area (Å²) in [5.41, 5.74) is 1.95. The Morgan fingerprint density at radius 1 is 1.17 bits per heavy atom. The maximum absolute atomic E-state index is 12.4. The third-order valence-electron chi connectivity index (χ3n) is 3.91. The van der Waals surface area contributed by atoms with Crippen LogP contribution in [0.3, 0.4) is 0 Å². The van der Waals surface area contributed by atoms with Crippen molar-refractivity contribution in [2.75, 3.05) is 36.4 Å². The van der Waals surface area contributed by atoms with E-state index in [2.05, 4.69) is 31.1 Å². The molecule has 1 aliphatic rings. The number of rotatable bonds is 2. The molecule has 1 N–H and O–H groups in total. The summed E-state index contributed by atoms with van der Waals surface area (Å²) in [6, 6.07) is 11.7. The van der Waals surface area contributed by atoms with Gasteiger partial charge in [-0.3, -0.25) is 0 Å². The molecule has 1 aromatic heterocycles. The van der Waals surface area contributed by atoms with Crippen LogP contribution in [0.2, 0.25) is 0 Å². The highest BCUT2D eigenvalue weighted by molar-refractivity contribution is 9.10. The first-order valence-corrected chi connectivity index (χ1v) is 8.41. The molecule has 1 saturated heterocycles. The maximum Gasteiger partial charge on any atom is 0.321 e. The molecule has 3 rings (SSSR count). The van der Waals surface area contributed by atoms with E-state index in [-0.39, 0.29) is 6.03 Å². The lowest BCUT2D eigenvalue weighted by Crippen LogP contribution is -2.50. The highest BCUT2D eigenvalue weighted by Crippen LogP contribution is 2.24. The van der Waals surface area contributed by atoms with E-state index < -0.39 is 0 Å².